The summed E-state index contributed by atoms with van der Waals surface area (Å²) in [7, 11) is 1.67. The Labute approximate surface area is 108 Å². The molecule has 2 N–H and O–H groups in total. The summed E-state index contributed by atoms with van der Waals surface area (Å²) in [4.78, 5) is 12.3. The van der Waals surface area contributed by atoms with Gasteiger partial charge in [0, 0.05) is 18.9 Å². The maximum absolute atomic E-state index is 12.3. The van der Waals surface area contributed by atoms with Gasteiger partial charge in [-0.15, -0.1) is 0 Å². The largest absolute Gasteiger partial charge is 0.384 e. The number of hydrogen-bond donors (Lipinski definition) is 2. The molecule has 1 saturated heterocycles. The van der Waals surface area contributed by atoms with Crippen molar-refractivity contribution in [1.29, 1.82) is 0 Å². The topological polar surface area (TPSA) is 50.4 Å². The maximum Gasteiger partial charge on any atom is 0.228 e. The van der Waals surface area contributed by atoms with Crippen LogP contribution in [0.5, 0.6) is 0 Å². The molecule has 4 nitrogen and oxygen atoms in total. The fourth-order valence-electron chi connectivity index (χ4n) is 2.13. The van der Waals surface area contributed by atoms with E-state index < -0.39 is 0 Å². The monoisotopic (exact) mass is 260 g/mol. The number of nitrogens with one attached hydrogen (secondary N) is 2. The number of rotatable bonds is 6. The summed E-state index contributed by atoms with van der Waals surface area (Å²) < 4.78 is 5.25. The van der Waals surface area contributed by atoms with Crippen molar-refractivity contribution >= 4 is 17.7 Å². The Morgan fingerprint density at radius 1 is 1.53 bits per heavy atom. The lowest BCUT2D eigenvalue weighted by Gasteiger charge is -2.35. The Balaban J connectivity index is 2.53. The van der Waals surface area contributed by atoms with E-state index in [0.717, 1.165) is 32.5 Å². The number of carbonyl (C=O) groups is 1. The first-order valence-electron chi connectivity index (χ1n) is 6.15. The third-order valence-electron chi connectivity index (χ3n) is 3.42. The molecule has 0 spiro atoms. The van der Waals surface area contributed by atoms with Crippen molar-refractivity contribution in [2.24, 2.45) is 5.41 Å². The molecule has 100 valence electrons. The normalized spacial score (nSPS) is 20.9. The van der Waals surface area contributed by atoms with E-state index in [1.807, 2.05) is 0 Å². The molecule has 0 aromatic carbocycles. The first kappa shape index (κ1) is 14.8. The van der Waals surface area contributed by atoms with Crippen LogP contribution < -0.4 is 10.6 Å². The Hall–Kier alpha value is -0.260. The molecule has 0 radical (unpaired) electrons. The fraction of sp³-hybridized carbons (Fsp3) is 0.917. The SMILES string of the molecule is COCC1(C(=O)NCC(C)SC)CCNCC1. The van der Waals surface area contributed by atoms with E-state index in [0.29, 0.717) is 11.9 Å². The first-order chi connectivity index (χ1) is 8.14. The highest BCUT2D eigenvalue weighted by Gasteiger charge is 2.39. The van der Waals surface area contributed by atoms with E-state index in [2.05, 4.69) is 23.8 Å². The van der Waals surface area contributed by atoms with Gasteiger partial charge in [0.2, 0.25) is 5.91 Å². The smallest absolute Gasteiger partial charge is 0.228 e. The Kier molecular flexibility index (Phi) is 6.30. The van der Waals surface area contributed by atoms with Crippen molar-refractivity contribution in [2.75, 3.05) is 39.6 Å². The summed E-state index contributed by atoms with van der Waals surface area (Å²) in [5, 5.41) is 6.81. The molecule has 1 aliphatic rings. The zero-order valence-electron chi connectivity index (χ0n) is 11.0. The molecule has 0 saturated carbocycles. The quantitative estimate of drug-likeness (QED) is 0.744. The summed E-state index contributed by atoms with van der Waals surface area (Å²) in [5.41, 5.74) is -0.321. The fourth-order valence-corrected chi connectivity index (χ4v) is 2.38. The molecule has 1 unspecified atom stereocenters. The van der Waals surface area contributed by atoms with Gasteiger partial charge < -0.3 is 15.4 Å². The molecular weight excluding hydrogens is 236 g/mol. The van der Waals surface area contributed by atoms with Gasteiger partial charge in [0.15, 0.2) is 0 Å². The van der Waals surface area contributed by atoms with Crippen LogP contribution in [0, 0.1) is 5.41 Å². The molecule has 1 atom stereocenters. The predicted molar refractivity (Wildman–Crippen MR) is 72.4 cm³/mol. The van der Waals surface area contributed by atoms with Crippen LogP contribution in [0.3, 0.4) is 0 Å². The van der Waals surface area contributed by atoms with Crippen LogP contribution in [0.4, 0.5) is 0 Å². The van der Waals surface area contributed by atoms with Crippen LogP contribution in [-0.4, -0.2) is 50.8 Å². The van der Waals surface area contributed by atoms with Crippen molar-refractivity contribution in [3.63, 3.8) is 0 Å². The van der Waals surface area contributed by atoms with Crippen LogP contribution in [0.1, 0.15) is 19.8 Å². The van der Waals surface area contributed by atoms with Crippen molar-refractivity contribution in [2.45, 2.75) is 25.0 Å². The Bertz CT molecular complexity index is 237. The minimum atomic E-state index is -0.321. The number of thioether (sulfide) groups is 1. The molecule has 0 aromatic rings. The summed E-state index contributed by atoms with van der Waals surface area (Å²) in [6.07, 6.45) is 3.78. The number of amides is 1. The lowest BCUT2D eigenvalue weighted by Crippen LogP contribution is -2.51. The highest BCUT2D eigenvalue weighted by atomic mass is 32.2. The van der Waals surface area contributed by atoms with Gasteiger partial charge in [-0.3, -0.25) is 4.79 Å². The minimum Gasteiger partial charge on any atom is -0.384 e. The Morgan fingerprint density at radius 3 is 2.71 bits per heavy atom. The molecule has 1 fully saturated rings. The van der Waals surface area contributed by atoms with E-state index in [1.54, 1.807) is 18.9 Å². The molecule has 1 amide bonds. The van der Waals surface area contributed by atoms with E-state index in [9.17, 15) is 4.79 Å². The van der Waals surface area contributed by atoms with Gasteiger partial charge in [-0.25, -0.2) is 0 Å². The maximum atomic E-state index is 12.3. The van der Waals surface area contributed by atoms with Gasteiger partial charge in [0.05, 0.1) is 12.0 Å². The van der Waals surface area contributed by atoms with E-state index in [1.165, 1.54) is 0 Å². The highest BCUT2D eigenvalue weighted by Crippen LogP contribution is 2.29. The number of carbonyl (C=O) groups excluding carboxylic acids is 1. The molecular formula is C12H24N2O2S. The molecule has 5 heteroatoms. The van der Waals surface area contributed by atoms with Gasteiger partial charge >= 0.3 is 0 Å². The zero-order chi connectivity index (χ0) is 12.7. The predicted octanol–water partition coefficient (Wildman–Crippen LogP) is 0.870. The number of piperidine rings is 1. The second-order valence-electron chi connectivity index (χ2n) is 4.72. The van der Waals surface area contributed by atoms with Crippen LogP contribution in [-0.2, 0) is 9.53 Å². The summed E-state index contributed by atoms with van der Waals surface area (Å²) in [6.45, 7) is 5.17. The lowest BCUT2D eigenvalue weighted by atomic mass is 9.78. The van der Waals surface area contributed by atoms with Gasteiger partial charge in [0.25, 0.3) is 0 Å². The average Bonchev–Trinajstić information content (AvgIpc) is 2.36. The zero-order valence-corrected chi connectivity index (χ0v) is 11.9. The molecule has 0 aromatic heterocycles. The average molecular weight is 260 g/mol. The van der Waals surface area contributed by atoms with Crippen LogP contribution >= 0.6 is 11.8 Å². The molecule has 1 aliphatic heterocycles. The lowest BCUT2D eigenvalue weighted by molar-refractivity contribution is -0.136. The number of ether oxygens (including phenoxy) is 1. The standard InChI is InChI=1S/C12H24N2O2S/c1-10(17-3)8-14-11(15)12(9-16-2)4-6-13-7-5-12/h10,13H,4-9H2,1-3H3,(H,14,15). The molecule has 0 aliphatic carbocycles. The van der Waals surface area contributed by atoms with Crippen molar-refractivity contribution in [1.82, 2.24) is 10.6 Å². The number of methoxy groups -OCH3 is 1. The van der Waals surface area contributed by atoms with Gasteiger partial charge in [-0.05, 0) is 32.2 Å². The van der Waals surface area contributed by atoms with E-state index in [-0.39, 0.29) is 11.3 Å². The highest BCUT2D eigenvalue weighted by molar-refractivity contribution is 7.99. The van der Waals surface area contributed by atoms with Crippen molar-refractivity contribution in [3.8, 4) is 0 Å². The third-order valence-corrected chi connectivity index (χ3v) is 4.39. The van der Waals surface area contributed by atoms with Crippen molar-refractivity contribution in [3.05, 3.63) is 0 Å². The first-order valence-corrected chi connectivity index (χ1v) is 7.44. The van der Waals surface area contributed by atoms with Crippen molar-refractivity contribution < 1.29 is 9.53 Å². The summed E-state index contributed by atoms with van der Waals surface area (Å²) in [6, 6.07) is 0. The van der Waals surface area contributed by atoms with Gasteiger partial charge in [0.1, 0.15) is 0 Å². The molecule has 1 rings (SSSR count). The van der Waals surface area contributed by atoms with E-state index >= 15 is 0 Å². The summed E-state index contributed by atoms with van der Waals surface area (Å²) >= 11 is 1.77. The Morgan fingerprint density at radius 2 is 2.18 bits per heavy atom. The molecule has 0 bridgehead atoms. The van der Waals surface area contributed by atoms with E-state index in [4.69, 9.17) is 4.74 Å². The summed E-state index contributed by atoms with van der Waals surface area (Å²) in [5.74, 6) is 0.154. The molecule has 1 heterocycles. The second-order valence-corrected chi connectivity index (χ2v) is 6.00. The van der Waals surface area contributed by atoms with Crippen LogP contribution in [0.15, 0.2) is 0 Å². The second kappa shape index (κ2) is 7.24. The van der Waals surface area contributed by atoms with Crippen LogP contribution in [0.25, 0.3) is 0 Å². The minimum absolute atomic E-state index is 0.154. The van der Waals surface area contributed by atoms with Gasteiger partial charge in [-0.1, -0.05) is 6.92 Å². The van der Waals surface area contributed by atoms with Gasteiger partial charge in [-0.2, -0.15) is 11.8 Å². The van der Waals surface area contributed by atoms with Crippen LogP contribution in [0.2, 0.25) is 0 Å². The third kappa shape index (κ3) is 4.16. The molecule has 17 heavy (non-hydrogen) atoms. The number of hydrogen-bond acceptors (Lipinski definition) is 4.